The maximum atomic E-state index is 12.6. The summed E-state index contributed by atoms with van der Waals surface area (Å²) < 4.78 is 5.18. The van der Waals surface area contributed by atoms with E-state index in [-0.39, 0.29) is 11.9 Å². The Hall–Kier alpha value is -2.24. The minimum atomic E-state index is -0.00811. The summed E-state index contributed by atoms with van der Waals surface area (Å²) in [5, 5.41) is 3.15. The van der Waals surface area contributed by atoms with Crippen molar-refractivity contribution in [3.8, 4) is 5.75 Å². The number of carbonyl (C=O) groups is 2. The van der Waals surface area contributed by atoms with Crippen molar-refractivity contribution < 1.29 is 14.3 Å². The third-order valence-corrected chi connectivity index (χ3v) is 5.10. The highest BCUT2D eigenvalue weighted by atomic mass is 16.5. The number of nitrogens with one attached hydrogen (secondary N) is 1. The van der Waals surface area contributed by atoms with Crippen LogP contribution in [-0.4, -0.2) is 61.1 Å². The third-order valence-electron chi connectivity index (χ3n) is 5.10. The molecular formula is C19H27N3O3. The fourth-order valence-electron chi connectivity index (χ4n) is 3.56. The zero-order valence-electron chi connectivity index (χ0n) is 14.9. The first kappa shape index (κ1) is 17.6. The molecule has 6 nitrogen and oxygen atoms in total. The lowest BCUT2D eigenvalue weighted by molar-refractivity contribution is 0.0662. The molecule has 25 heavy (non-hydrogen) atoms. The van der Waals surface area contributed by atoms with Gasteiger partial charge in [0.1, 0.15) is 5.75 Å². The van der Waals surface area contributed by atoms with Crippen LogP contribution in [0.2, 0.25) is 0 Å². The predicted octanol–water partition coefficient (Wildman–Crippen LogP) is 2.50. The van der Waals surface area contributed by atoms with Gasteiger partial charge in [-0.3, -0.25) is 4.79 Å². The van der Waals surface area contributed by atoms with Crippen molar-refractivity contribution in [2.24, 2.45) is 0 Å². The maximum absolute atomic E-state index is 12.6. The second-order valence-electron chi connectivity index (χ2n) is 6.80. The zero-order chi connectivity index (χ0) is 17.6. The minimum Gasteiger partial charge on any atom is -0.497 e. The van der Waals surface area contributed by atoms with Crippen molar-refractivity contribution in [1.29, 1.82) is 0 Å². The highest BCUT2D eigenvalue weighted by molar-refractivity contribution is 5.94. The van der Waals surface area contributed by atoms with Gasteiger partial charge in [-0.2, -0.15) is 0 Å². The summed E-state index contributed by atoms with van der Waals surface area (Å²) in [7, 11) is 1.59. The summed E-state index contributed by atoms with van der Waals surface area (Å²) in [5.74, 6) is 0.669. The van der Waals surface area contributed by atoms with Crippen LogP contribution in [0.4, 0.5) is 4.79 Å². The Morgan fingerprint density at radius 3 is 2.40 bits per heavy atom. The number of urea groups is 1. The minimum absolute atomic E-state index is 0.00811. The summed E-state index contributed by atoms with van der Waals surface area (Å²) in [4.78, 5) is 28.6. The van der Waals surface area contributed by atoms with E-state index in [0.29, 0.717) is 43.5 Å². The van der Waals surface area contributed by atoms with Gasteiger partial charge in [-0.25, -0.2) is 4.79 Å². The zero-order valence-corrected chi connectivity index (χ0v) is 14.9. The molecule has 1 aliphatic carbocycles. The standard InChI is InChI=1S/C19H27N3O3/c1-25-17-9-5-6-15(14-17)18(23)21-10-12-22(13-11-21)19(24)20-16-7-3-2-4-8-16/h5-6,9,14,16H,2-4,7-8,10-13H2,1H3,(H,20,24). The number of piperazine rings is 1. The van der Waals surface area contributed by atoms with Crippen LogP contribution in [0.1, 0.15) is 42.5 Å². The van der Waals surface area contributed by atoms with E-state index in [1.54, 1.807) is 24.1 Å². The Labute approximate surface area is 149 Å². The Morgan fingerprint density at radius 1 is 1.04 bits per heavy atom. The van der Waals surface area contributed by atoms with E-state index < -0.39 is 0 Å². The normalized spacial score (nSPS) is 18.8. The van der Waals surface area contributed by atoms with Gasteiger partial charge in [0, 0.05) is 37.8 Å². The summed E-state index contributed by atoms with van der Waals surface area (Å²) in [6.07, 6.45) is 5.85. The van der Waals surface area contributed by atoms with Crippen LogP contribution in [0.15, 0.2) is 24.3 Å². The van der Waals surface area contributed by atoms with Crippen LogP contribution < -0.4 is 10.1 Å². The van der Waals surface area contributed by atoms with Gasteiger partial charge in [0.25, 0.3) is 5.91 Å². The molecule has 136 valence electrons. The quantitative estimate of drug-likeness (QED) is 0.915. The van der Waals surface area contributed by atoms with E-state index in [1.165, 1.54) is 19.3 Å². The molecule has 0 unspecified atom stereocenters. The van der Waals surface area contributed by atoms with Crippen LogP contribution >= 0.6 is 0 Å². The molecule has 1 saturated heterocycles. The molecule has 0 spiro atoms. The monoisotopic (exact) mass is 345 g/mol. The van der Waals surface area contributed by atoms with Crippen molar-refractivity contribution in [2.45, 2.75) is 38.1 Å². The van der Waals surface area contributed by atoms with Crippen molar-refractivity contribution >= 4 is 11.9 Å². The number of ether oxygens (including phenoxy) is 1. The molecule has 0 atom stereocenters. The molecule has 1 heterocycles. The molecule has 2 aliphatic rings. The molecule has 0 aromatic heterocycles. The molecule has 3 rings (SSSR count). The highest BCUT2D eigenvalue weighted by Crippen LogP contribution is 2.18. The van der Waals surface area contributed by atoms with Crippen molar-refractivity contribution in [3.05, 3.63) is 29.8 Å². The van der Waals surface area contributed by atoms with Crippen LogP contribution in [-0.2, 0) is 0 Å². The molecule has 0 bridgehead atoms. The molecule has 1 N–H and O–H groups in total. The molecule has 0 radical (unpaired) electrons. The van der Waals surface area contributed by atoms with Gasteiger partial charge in [0.2, 0.25) is 0 Å². The molecule has 1 aromatic rings. The topological polar surface area (TPSA) is 61.9 Å². The van der Waals surface area contributed by atoms with E-state index in [2.05, 4.69) is 5.32 Å². The summed E-state index contributed by atoms with van der Waals surface area (Å²) in [6.45, 7) is 2.28. The van der Waals surface area contributed by atoms with Gasteiger partial charge in [-0.05, 0) is 31.0 Å². The first-order valence-corrected chi connectivity index (χ1v) is 9.16. The molecular weight excluding hydrogens is 318 g/mol. The predicted molar refractivity (Wildman–Crippen MR) is 95.9 cm³/mol. The second kappa shape index (κ2) is 8.23. The SMILES string of the molecule is COc1cccc(C(=O)N2CCN(C(=O)NC3CCCCC3)CC2)c1. The van der Waals surface area contributed by atoms with Gasteiger partial charge in [-0.15, -0.1) is 0 Å². The van der Waals surface area contributed by atoms with E-state index in [9.17, 15) is 9.59 Å². The summed E-state index contributed by atoms with van der Waals surface area (Å²) >= 11 is 0. The van der Waals surface area contributed by atoms with Crippen molar-refractivity contribution in [2.75, 3.05) is 33.3 Å². The van der Waals surface area contributed by atoms with E-state index in [1.807, 2.05) is 17.0 Å². The fourth-order valence-corrected chi connectivity index (χ4v) is 3.56. The molecule has 1 saturated carbocycles. The first-order valence-electron chi connectivity index (χ1n) is 9.16. The van der Waals surface area contributed by atoms with Crippen LogP contribution in [0.5, 0.6) is 5.75 Å². The van der Waals surface area contributed by atoms with E-state index in [0.717, 1.165) is 12.8 Å². The van der Waals surface area contributed by atoms with Gasteiger partial charge >= 0.3 is 6.03 Å². The lowest BCUT2D eigenvalue weighted by atomic mass is 9.96. The van der Waals surface area contributed by atoms with Crippen molar-refractivity contribution in [1.82, 2.24) is 15.1 Å². The largest absolute Gasteiger partial charge is 0.497 e. The average molecular weight is 345 g/mol. The smallest absolute Gasteiger partial charge is 0.317 e. The summed E-state index contributed by atoms with van der Waals surface area (Å²) in [6, 6.07) is 7.53. The molecule has 6 heteroatoms. The van der Waals surface area contributed by atoms with E-state index >= 15 is 0 Å². The van der Waals surface area contributed by atoms with Gasteiger partial charge < -0.3 is 19.9 Å². The lowest BCUT2D eigenvalue weighted by Gasteiger charge is -2.36. The van der Waals surface area contributed by atoms with Crippen LogP contribution in [0.3, 0.4) is 0 Å². The Morgan fingerprint density at radius 2 is 1.72 bits per heavy atom. The molecule has 3 amide bonds. The van der Waals surface area contributed by atoms with Gasteiger partial charge in [0.15, 0.2) is 0 Å². The van der Waals surface area contributed by atoms with Gasteiger partial charge in [0.05, 0.1) is 7.11 Å². The van der Waals surface area contributed by atoms with E-state index in [4.69, 9.17) is 4.74 Å². The number of carbonyl (C=O) groups excluding carboxylic acids is 2. The van der Waals surface area contributed by atoms with Crippen molar-refractivity contribution in [3.63, 3.8) is 0 Å². The lowest BCUT2D eigenvalue weighted by Crippen LogP contribution is -2.54. The second-order valence-corrected chi connectivity index (χ2v) is 6.80. The number of benzene rings is 1. The summed E-state index contributed by atoms with van der Waals surface area (Å²) in [5.41, 5.74) is 0.624. The fraction of sp³-hybridized carbons (Fsp3) is 0.579. The Bertz CT molecular complexity index is 606. The molecule has 1 aromatic carbocycles. The number of hydrogen-bond acceptors (Lipinski definition) is 3. The van der Waals surface area contributed by atoms with Gasteiger partial charge in [-0.1, -0.05) is 25.3 Å². The Balaban J connectivity index is 1.50. The third kappa shape index (κ3) is 4.44. The molecule has 1 aliphatic heterocycles. The van der Waals surface area contributed by atoms with Crippen LogP contribution in [0.25, 0.3) is 0 Å². The number of amides is 3. The number of hydrogen-bond donors (Lipinski definition) is 1. The maximum Gasteiger partial charge on any atom is 0.317 e. The molecule has 2 fully saturated rings. The number of methoxy groups -OCH3 is 1. The first-order chi connectivity index (χ1) is 12.2. The van der Waals surface area contributed by atoms with Crippen LogP contribution in [0, 0.1) is 0 Å². The Kier molecular flexibility index (Phi) is 5.79. The number of nitrogens with zero attached hydrogens (tertiary/aromatic N) is 2. The average Bonchev–Trinajstić information content (AvgIpc) is 2.68. The number of rotatable bonds is 3. The highest BCUT2D eigenvalue weighted by Gasteiger charge is 2.26.